The second-order valence-electron chi connectivity index (χ2n) is 2.39. The van der Waals surface area contributed by atoms with Crippen LogP contribution in [0, 0.1) is 0 Å². The highest BCUT2D eigenvalue weighted by Gasteiger charge is 2.04. The molecule has 0 atom stereocenters. The molecule has 1 aromatic heterocycles. The molecule has 3 nitrogen and oxygen atoms in total. The largest absolute Gasteiger partial charge is 0.355 e. The Morgan fingerprint density at radius 2 is 1.92 bits per heavy atom. The number of ether oxygens (including phenoxy) is 2. The standard InChI is InChI=1S/C9H13NO2S/c1-11-9(12-2)7-13-8-3-5-10-6-4-8/h3-6,9H,7H2,1-2H3. The second-order valence-corrected chi connectivity index (χ2v) is 3.49. The molecular formula is C9H13NO2S. The van der Waals surface area contributed by atoms with Crippen LogP contribution in [0.3, 0.4) is 0 Å². The molecule has 13 heavy (non-hydrogen) atoms. The molecule has 72 valence electrons. The van der Waals surface area contributed by atoms with Crippen LogP contribution >= 0.6 is 11.8 Å². The number of thioether (sulfide) groups is 1. The van der Waals surface area contributed by atoms with Crippen molar-refractivity contribution in [3.8, 4) is 0 Å². The number of aromatic nitrogens is 1. The van der Waals surface area contributed by atoms with Gasteiger partial charge in [0.15, 0.2) is 6.29 Å². The van der Waals surface area contributed by atoms with Crippen molar-refractivity contribution in [2.24, 2.45) is 0 Å². The summed E-state index contributed by atoms with van der Waals surface area (Å²) < 4.78 is 10.1. The summed E-state index contributed by atoms with van der Waals surface area (Å²) in [4.78, 5) is 5.11. The Hall–Kier alpha value is -0.580. The molecule has 0 aromatic carbocycles. The van der Waals surface area contributed by atoms with Gasteiger partial charge in [-0.2, -0.15) is 0 Å². The van der Waals surface area contributed by atoms with Crippen molar-refractivity contribution in [1.29, 1.82) is 0 Å². The van der Waals surface area contributed by atoms with Crippen LogP contribution in [0.2, 0.25) is 0 Å². The molecule has 0 aliphatic carbocycles. The van der Waals surface area contributed by atoms with Gasteiger partial charge in [-0.3, -0.25) is 4.98 Å². The minimum atomic E-state index is -0.141. The molecule has 0 N–H and O–H groups in total. The average Bonchev–Trinajstić information content (AvgIpc) is 2.21. The van der Waals surface area contributed by atoms with Gasteiger partial charge in [-0.05, 0) is 12.1 Å². The summed E-state index contributed by atoms with van der Waals surface area (Å²) in [5, 5.41) is 0. The zero-order valence-corrected chi connectivity index (χ0v) is 8.58. The summed E-state index contributed by atoms with van der Waals surface area (Å²) in [5.41, 5.74) is 0. The van der Waals surface area contributed by atoms with E-state index in [1.165, 1.54) is 4.90 Å². The Balaban J connectivity index is 2.34. The minimum absolute atomic E-state index is 0.141. The number of rotatable bonds is 5. The van der Waals surface area contributed by atoms with E-state index in [-0.39, 0.29) is 6.29 Å². The minimum Gasteiger partial charge on any atom is -0.355 e. The summed E-state index contributed by atoms with van der Waals surface area (Å²) in [7, 11) is 3.28. The van der Waals surface area contributed by atoms with Gasteiger partial charge in [0, 0.05) is 37.3 Å². The predicted octanol–water partition coefficient (Wildman–Crippen LogP) is 1.79. The van der Waals surface area contributed by atoms with Crippen molar-refractivity contribution in [1.82, 2.24) is 4.98 Å². The summed E-state index contributed by atoms with van der Waals surface area (Å²) in [6.07, 6.45) is 3.41. The maximum absolute atomic E-state index is 5.06. The van der Waals surface area contributed by atoms with E-state index in [1.807, 2.05) is 12.1 Å². The lowest BCUT2D eigenvalue weighted by Gasteiger charge is -2.12. The molecule has 0 amide bonds. The normalized spacial score (nSPS) is 10.7. The molecule has 0 aliphatic rings. The highest BCUT2D eigenvalue weighted by Crippen LogP contribution is 2.17. The highest BCUT2D eigenvalue weighted by atomic mass is 32.2. The Morgan fingerprint density at radius 3 is 2.46 bits per heavy atom. The first-order chi connectivity index (χ1) is 6.36. The molecule has 0 fully saturated rings. The smallest absolute Gasteiger partial charge is 0.166 e. The van der Waals surface area contributed by atoms with Crippen LogP contribution in [-0.4, -0.2) is 31.2 Å². The molecular weight excluding hydrogens is 186 g/mol. The Labute approximate surface area is 82.5 Å². The molecule has 0 spiro atoms. The SMILES string of the molecule is COC(CSc1ccncc1)OC. The van der Waals surface area contributed by atoms with E-state index >= 15 is 0 Å². The van der Waals surface area contributed by atoms with Crippen LogP contribution in [0.4, 0.5) is 0 Å². The van der Waals surface area contributed by atoms with Gasteiger partial charge < -0.3 is 9.47 Å². The molecule has 1 aromatic rings. The third kappa shape index (κ3) is 3.76. The molecule has 4 heteroatoms. The van der Waals surface area contributed by atoms with Crippen LogP contribution in [0.1, 0.15) is 0 Å². The lowest BCUT2D eigenvalue weighted by Crippen LogP contribution is -2.15. The van der Waals surface area contributed by atoms with Gasteiger partial charge in [0.25, 0.3) is 0 Å². The maximum atomic E-state index is 5.06. The number of hydrogen-bond acceptors (Lipinski definition) is 4. The third-order valence-corrected chi connectivity index (χ3v) is 2.61. The Morgan fingerprint density at radius 1 is 1.31 bits per heavy atom. The number of methoxy groups -OCH3 is 2. The summed E-state index contributed by atoms with van der Waals surface area (Å²) in [6, 6.07) is 3.93. The molecule has 0 radical (unpaired) electrons. The van der Waals surface area contributed by atoms with Gasteiger partial charge in [0.1, 0.15) is 0 Å². The van der Waals surface area contributed by atoms with Crippen molar-refractivity contribution in [3.05, 3.63) is 24.5 Å². The Bertz CT molecular complexity index is 226. The molecule has 0 saturated carbocycles. The van der Waals surface area contributed by atoms with Gasteiger partial charge in [-0.25, -0.2) is 0 Å². The average molecular weight is 199 g/mol. The fraction of sp³-hybridized carbons (Fsp3) is 0.444. The van der Waals surface area contributed by atoms with Gasteiger partial charge >= 0.3 is 0 Å². The lowest BCUT2D eigenvalue weighted by atomic mass is 10.5. The first-order valence-corrected chi connectivity index (χ1v) is 4.93. The number of pyridine rings is 1. The molecule has 0 bridgehead atoms. The zero-order chi connectivity index (χ0) is 9.52. The number of hydrogen-bond donors (Lipinski definition) is 0. The molecule has 1 heterocycles. The van der Waals surface area contributed by atoms with E-state index in [0.29, 0.717) is 0 Å². The summed E-state index contributed by atoms with van der Waals surface area (Å²) in [6.45, 7) is 0. The first kappa shape index (κ1) is 10.5. The molecule has 0 aliphatic heterocycles. The van der Waals surface area contributed by atoms with Crippen molar-refractivity contribution in [2.45, 2.75) is 11.2 Å². The summed E-state index contributed by atoms with van der Waals surface area (Å²) >= 11 is 1.69. The van der Waals surface area contributed by atoms with E-state index in [1.54, 1.807) is 38.4 Å². The van der Waals surface area contributed by atoms with Crippen molar-refractivity contribution >= 4 is 11.8 Å². The quantitative estimate of drug-likeness (QED) is 0.534. The van der Waals surface area contributed by atoms with Crippen LogP contribution in [0.25, 0.3) is 0 Å². The lowest BCUT2D eigenvalue weighted by molar-refractivity contribution is -0.0842. The van der Waals surface area contributed by atoms with E-state index in [0.717, 1.165) is 5.75 Å². The highest BCUT2D eigenvalue weighted by molar-refractivity contribution is 7.99. The van der Waals surface area contributed by atoms with E-state index in [9.17, 15) is 0 Å². The molecule has 1 rings (SSSR count). The van der Waals surface area contributed by atoms with Crippen molar-refractivity contribution < 1.29 is 9.47 Å². The molecule has 0 saturated heterocycles. The van der Waals surface area contributed by atoms with Gasteiger partial charge in [0.05, 0.1) is 0 Å². The van der Waals surface area contributed by atoms with Crippen molar-refractivity contribution in [3.63, 3.8) is 0 Å². The molecule has 0 unspecified atom stereocenters. The van der Waals surface area contributed by atoms with Crippen LogP contribution < -0.4 is 0 Å². The van der Waals surface area contributed by atoms with Crippen LogP contribution in [0.5, 0.6) is 0 Å². The second kappa shape index (κ2) is 5.96. The maximum Gasteiger partial charge on any atom is 0.166 e. The third-order valence-electron chi connectivity index (χ3n) is 1.56. The van der Waals surface area contributed by atoms with Crippen molar-refractivity contribution in [2.75, 3.05) is 20.0 Å². The van der Waals surface area contributed by atoms with Crippen LogP contribution in [0.15, 0.2) is 29.4 Å². The van der Waals surface area contributed by atoms with Gasteiger partial charge in [-0.1, -0.05) is 0 Å². The monoisotopic (exact) mass is 199 g/mol. The summed E-state index contributed by atoms with van der Waals surface area (Å²) in [5.74, 6) is 0.789. The van der Waals surface area contributed by atoms with Crippen LogP contribution in [-0.2, 0) is 9.47 Å². The fourth-order valence-corrected chi connectivity index (χ4v) is 1.75. The van der Waals surface area contributed by atoms with E-state index in [2.05, 4.69) is 4.98 Å². The Kier molecular flexibility index (Phi) is 4.82. The van der Waals surface area contributed by atoms with E-state index in [4.69, 9.17) is 9.47 Å². The van der Waals surface area contributed by atoms with Gasteiger partial charge in [-0.15, -0.1) is 11.8 Å². The first-order valence-electron chi connectivity index (χ1n) is 3.95. The predicted molar refractivity (Wildman–Crippen MR) is 52.8 cm³/mol. The number of nitrogens with zero attached hydrogens (tertiary/aromatic N) is 1. The van der Waals surface area contributed by atoms with Gasteiger partial charge in [0.2, 0.25) is 0 Å². The zero-order valence-electron chi connectivity index (χ0n) is 7.77. The van der Waals surface area contributed by atoms with E-state index < -0.39 is 0 Å². The topological polar surface area (TPSA) is 31.4 Å². The fourth-order valence-electron chi connectivity index (χ4n) is 0.831.